The van der Waals surface area contributed by atoms with E-state index in [1.807, 2.05) is 0 Å². The standard InChI is InChI=1S/C20H16F6N2O3/c1-3-28-15-5-4-14(9-16(15)31-10(2)18(28)30)27-17(29)11-6-12(19(21,22)23)8-13(7-11)20(24,25)26/h4-10H,3H2,1-2H3,(H,27,29). The van der Waals surface area contributed by atoms with Gasteiger partial charge < -0.3 is 15.0 Å². The van der Waals surface area contributed by atoms with Crippen molar-refractivity contribution in [2.24, 2.45) is 0 Å². The second-order valence-corrected chi connectivity index (χ2v) is 6.77. The Hall–Kier alpha value is -3.24. The first-order valence-corrected chi connectivity index (χ1v) is 9.04. The number of anilines is 2. The number of rotatable bonds is 3. The van der Waals surface area contributed by atoms with Gasteiger partial charge in [0.05, 0.1) is 16.8 Å². The zero-order valence-corrected chi connectivity index (χ0v) is 16.2. The van der Waals surface area contributed by atoms with Gasteiger partial charge in [-0.15, -0.1) is 0 Å². The largest absolute Gasteiger partial charge is 0.479 e. The van der Waals surface area contributed by atoms with E-state index in [0.29, 0.717) is 24.4 Å². The molecule has 1 unspecified atom stereocenters. The van der Waals surface area contributed by atoms with Crippen LogP contribution in [0.3, 0.4) is 0 Å². The van der Waals surface area contributed by atoms with Gasteiger partial charge in [0.15, 0.2) is 6.10 Å². The minimum atomic E-state index is -5.07. The van der Waals surface area contributed by atoms with Crippen LogP contribution in [0.25, 0.3) is 0 Å². The molecule has 2 amide bonds. The lowest BCUT2D eigenvalue weighted by molar-refractivity contribution is -0.143. The van der Waals surface area contributed by atoms with Gasteiger partial charge in [-0.3, -0.25) is 9.59 Å². The van der Waals surface area contributed by atoms with Crippen LogP contribution >= 0.6 is 0 Å². The molecule has 166 valence electrons. The van der Waals surface area contributed by atoms with Crippen LogP contribution in [0.5, 0.6) is 5.75 Å². The monoisotopic (exact) mass is 446 g/mol. The maximum atomic E-state index is 13.0. The number of alkyl halides is 6. The molecule has 31 heavy (non-hydrogen) atoms. The average Bonchev–Trinajstić information content (AvgIpc) is 2.67. The maximum Gasteiger partial charge on any atom is 0.416 e. The Morgan fingerprint density at radius 1 is 1.03 bits per heavy atom. The fraction of sp³-hybridized carbons (Fsp3) is 0.300. The number of hydrogen-bond donors (Lipinski definition) is 1. The van der Waals surface area contributed by atoms with E-state index in [1.165, 1.54) is 30.0 Å². The van der Waals surface area contributed by atoms with E-state index in [-0.39, 0.29) is 23.4 Å². The predicted octanol–water partition coefficient (Wildman–Crippen LogP) is 5.11. The van der Waals surface area contributed by atoms with Crippen LogP contribution in [-0.2, 0) is 17.1 Å². The summed E-state index contributed by atoms with van der Waals surface area (Å²) in [5, 5.41) is 2.27. The smallest absolute Gasteiger partial charge is 0.416 e. The molecular formula is C20H16F6N2O3. The first-order valence-electron chi connectivity index (χ1n) is 9.04. The summed E-state index contributed by atoms with van der Waals surface area (Å²) < 4.78 is 83.5. The van der Waals surface area contributed by atoms with Crippen LogP contribution < -0.4 is 15.0 Å². The van der Waals surface area contributed by atoms with Crippen molar-refractivity contribution in [1.82, 2.24) is 0 Å². The Bertz CT molecular complexity index is 1000. The molecule has 0 saturated carbocycles. The van der Waals surface area contributed by atoms with Crippen LogP contribution in [0, 0.1) is 0 Å². The van der Waals surface area contributed by atoms with Gasteiger partial charge in [0.2, 0.25) is 0 Å². The first kappa shape index (κ1) is 22.4. The lowest BCUT2D eigenvalue weighted by Crippen LogP contribution is -2.44. The Morgan fingerprint density at radius 3 is 2.13 bits per heavy atom. The van der Waals surface area contributed by atoms with Crippen molar-refractivity contribution in [3.8, 4) is 5.75 Å². The summed E-state index contributed by atoms with van der Waals surface area (Å²) in [5.41, 5.74) is -3.48. The summed E-state index contributed by atoms with van der Waals surface area (Å²) in [4.78, 5) is 26.0. The number of nitrogens with zero attached hydrogens (tertiary/aromatic N) is 1. The molecule has 0 saturated heterocycles. The fourth-order valence-electron chi connectivity index (χ4n) is 3.10. The van der Waals surface area contributed by atoms with E-state index in [2.05, 4.69) is 5.32 Å². The quantitative estimate of drug-likeness (QED) is 0.667. The Morgan fingerprint density at radius 2 is 1.61 bits per heavy atom. The third-order valence-corrected chi connectivity index (χ3v) is 4.59. The molecule has 1 heterocycles. The van der Waals surface area contributed by atoms with Crippen molar-refractivity contribution in [3.05, 3.63) is 53.1 Å². The summed E-state index contributed by atoms with van der Waals surface area (Å²) in [7, 11) is 0. The number of likely N-dealkylation sites (N-methyl/N-ethyl adjacent to an activating group) is 1. The van der Waals surface area contributed by atoms with Crippen LogP contribution in [0.1, 0.15) is 35.3 Å². The first-order chi connectivity index (χ1) is 14.3. The molecule has 0 aliphatic carbocycles. The van der Waals surface area contributed by atoms with E-state index in [0.717, 1.165) is 0 Å². The molecule has 0 aromatic heterocycles. The molecule has 5 nitrogen and oxygen atoms in total. The zero-order valence-electron chi connectivity index (χ0n) is 16.2. The lowest BCUT2D eigenvalue weighted by atomic mass is 10.0. The lowest BCUT2D eigenvalue weighted by Gasteiger charge is -2.32. The van der Waals surface area contributed by atoms with Crippen molar-refractivity contribution in [3.63, 3.8) is 0 Å². The topological polar surface area (TPSA) is 58.6 Å². The molecule has 3 rings (SSSR count). The summed E-state index contributed by atoms with van der Waals surface area (Å²) in [6.07, 6.45) is -10.9. The molecule has 11 heteroatoms. The Balaban J connectivity index is 1.94. The summed E-state index contributed by atoms with van der Waals surface area (Å²) >= 11 is 0. The van der Waals surface area contributed by atoms with Gasteiger partial charge in [-0.1, -0.05) is 0 Å². The minimum absolute atomic E-state index is 0.0543. The summed E-state index contributed by atoms with van der Waals surface area (Å²) in [5.74, 6) is -1.19. The van der Waals surface area contributed by atoms with Crippen LogP contribution in [0.2, 0.25) is 0 Å². The Labute approximate surface area is 172 Å². The number of ether oxygens (including phenoxy) is 1. The van der Waals surface area contributed by atoms with Gasteiger partial charge in [-0.2, -0.15) is 26.3 Å². The number of benzene rings is 2. The van der Waals surface area contributed by atoms with Crippen LogP contribution in [0.15, 0.2) is 36.4 Å². The van der Waals surface area contributed by atoms with E-state index in [4.69, 9.17) is 4.74 Å². The van der Waals surface area contributed by atoms with E-state index >= 15 is 0 Å². The molecule has 0 bridgehead atoms. The zero-order chi connectivity index (χ0) is 23.1. The fourth-order valence-corrected chi connectivity index (χ4v) is 3.10. The van der Waals surface area contributed by atoms with Gasteiger partial charge >= 0.3 is 12.4 Å². The number of amides is 2. The average molecular weight is 446 g/mol. The normalized spacial score (nSPS) is 16.6. The van der Waals surface area contributed by atoms with Crippen LogP contribution in [-0.4, -0.2) is 24.5 Å². The summed E-state index contributed by atoms with van der Waals surface area (Å²) in [6, 6.07) is 4.81. The molecule has 0 spiro atoms. The number of fused-ring (bicyclic) bond motifs is 1. The summed E-state index contributed by atoms with van der Waals surface area (Å²) in [6.45, 7) is 3.64. The van der Waals surface area contributed by atoms with E-state index in [9.17, 15) is 35.9 Å². The highest BCUT2D eigenvalue weighted by molar-refractivity contribution is 6.05. The molecule has 1 aliphatic rings. The molecular weight excluding hydrogens is 430 g/mol. The molecule has 1 aliphatic heterocycles. The van der Waals surface area contributed by atoms with Gasteiger partial charge in [0.1, 0.15) is 5.75 Å². The van der Waals surface area contributed by atoms with E-state index in [1.54, 1.807) is 6.92 Å². The van der Waals surface area contributed by atoms with E-state index < -0.39 is 41.1 Å². The van der Waals surface area contributed by atoms with Crippen molar-refractivity contribution >= 4 is 23.2 Å². The molecule has 2 aromatic carbocycles. The second-order valence-electron chi connectivity index (χ2n) is 6.77. The Kier molecular flexibility index (Phi) is 5.64. The third-order valence-electron chi connectivity index (χ3n) is 4.59. The molecule has 1 atom stereocenters. The molecule has 1 N–H and O–H groups in total. The highest BCUT2D eigenvalue weighted by Crippen LogP contribution is 2.38. The molecule has 2 aromatic rings. The van der Waals surface area contributed by atoms with Crippen molar-refractivity contribution in [1.29, 1.82) is 0 Å². The van der Waals surface area contributed by atoms with Gasteiger partial charge in [0.25, 0.3) is 11.8 Å². The minimum Gasteiger partial charge on any atom is -0.479 e. The highest BCUT2D eigenvalue weighted by atomic mass is 19.4. The SMILES string of the molecule is CCN1C(=O)C(C)Oc2cc(NC(=O)c3cc(C(F)(F)F)cc(C(F)(F)F)c3)ccc21. The maximum absolute atomic E-state index is 13.0. The highest BCUT2D eigenvalue weighted by Gasteiger charge is 2.37. The van der Waals surface area contributed by atoms with Gasteiger partial charge in [-0.05, 0) is 44.2 Å². The molecule has 0 radical (unpaired) electrons. The van der Waals surface area contributed by atoms with Gasteiger partial charge in [-0.25, -0.2) is 0 Å². The number of carbonyl (C=O) groups excluding carboxylic acids is 2. The van der Waals surface area contributed by atoms with Crippen LogP contribution in [0.4, 0.5) is 37.7 Å². The second kappa shape index (κ2) is 7.78. The van der Waals surface area contributed by atoms with Crippen molar-refractivity contribution < 1.29 is 40.7 Å². The number of halogens is 6. The predicted molar refractivity (Wildman–Crippen MR) is 99.0 cm³/mol. The van der Waals surface area contributed by atoms with Crippen molar-refractivity contribution in [2.45, 2.75) is 32.3 Å². The number of nitrogens with one attached hydrogen (secondary N) is 1. The molecule has 0 fully saturated rings. The number of carbonyl (C=O) groups is 2. The third kappa shape index (κ3) is 4.59. The number of hydrogen-bond acceptors (Lipinski definition) is 3. The van der Waals surface area contributed by atoms with Gasteiger partial charge in [0, 0.05) is 23.9 Å². The van der Waals surface area contributed by atoms with Crippen molar-refractivity contribution in [2.75, 3.05) is 16.8 Å².